The average molecular weight is 327 g/mol. The topological polar surface area (TPSA) is 70.0 Å². The second-order valence-electron chi connectivity index (χ2n) is 5.06. The van der Waals surface area contributed by atoms with Crippen LogP contribution in [0.4, 0.5) is 0 Å². The molecule has 0 radical (unpaired) electrons. The van der Waals surface area contributed by atoms with Crippen LogP contribution in [0.25, 0.3) is 1.43 Å². The van der Waals surface area contributed by atoms with Gasteiger partial charge < -0.3 is 10.0 Å². The summed E-state index contributed by atoms with van der Waals surface area (Å²) in [6.07, 6.45) is -3.30. The summed E-state index contributed by atoms with van der Waals surface area (Å²) in [6.45, 7) is -3.15. The summed E-state index contributed by atoms with van der Waals surface area (Å²) in [5, 5.41) is 4.16. The molecule has 1 fully saturated rings. The summed E-state index contributed by atoms with van der Waals surface area (Å²) in [5.41, 5.74) is -2.08. The smallest absolute Gasteiger partial charge is 0.323 e. The molecule has 1 aromatic rings. The Kier molecular flexibility index (Phi) is 2.42. The number of aliphatic carboxylic acids is 1. The van der Waals surface area contributed by atoms with Gasteiger partial charge in [0.15, 0.2) is 0 Å². The highest BCUT2D eigenvalue weighted by Gasteiger charge is 2.48. The van der Waals surface area contributed by atoms with E-state index in [4.69, 9.17) is 19.9 Å². The quantitative estimate of drug-likeness (QED) is 0.928. The molecular weight excluding hydrogens is 304 g/mol. The number of hydrogen-bond acceptors (Lipinski definition) is 4. The van der Waals surface area contributed by atoms with Gasteiger partial charge in [0.25, 0.3) is 7.34 Å². The molecule has 22 heavy (non-hydrogen) atoms. The third-order valence-electron chi connectivity index (χ3n) is 3.60. The summed E-state index contributed by atoms with van der Waals surface area (Å²) in [4.78, 5) is 29.8. The molecule has 2 aliphatic rings. The Morgan fingerprint density at radius 3 is 3.00 bits per heavy atom. The number of nitrogens with zero attached hydrogens (tertiary/aromatic N) is 2. The molecule has 1 heterocycles. The van der Waals surface area contributed by atoms with Crippen molar-refractivity contribution in [2.45, 2.75) is 37.7 Å². The van der Waals surface area contributed by atoms with Gasteiger partial charge in [-0.1, -0.05) is 30.2 Å². The van der Waals surface area contributed by atoms with Gasteiger partial charge in [-0.25, -0.2) is 0 Å². The molecule has 6 heteroatoms. The van der Waals surface area contributed by atoms with E-state index in [-0.39, 0.29) is 24.1 Å². The Hall–Kier alpha value is -1.88. The molecule has 2 atom stereocenters. The lowest BCUT2D eigenvalue weighted by molar-refractivity contribution is -0.145. The van der Waals surface area contributed by atoms with Crippen molar-refractivity contribution >= 4 is 29.2 Å². The summed E-state index contributed by atoms with van der Waals surface area (Å²) in [6, 6.07) is 5.95. The van der Waals surface area contributed by atoms with Crippen LogP contribution in [0.15, 0.2) is 29.3 Å². The molecule has 116 valence electrons. The normalized spacial score (nSPS) is 34.8. The number of carboxylic acid groups (broad SMARTS) is 1. The zero-order chi connectivity index (χ0) is 20.9. The lowest BCUT2D eigenvalue weighted by atomic mass is 9.88. The second kappa shape index (κ2) is 5.72. The molecule has 1 aromatic carbocycles. The zero-order valence-electron chi connectivity index (χ0n) is 17.5. The van der Waals surface area contributed by atoms with E-state index in [1.807, 2.05) is 0 Å². The van der Waals surface area contributed by atoms with E-state index in [9.17, 15) is 9.59 Å². The van der Waals surface area contributed by atoms with Gasteiger partial charge in [0.2, 0.25) is 0 Å². The molecule has 1 saturated carbocycles. The maximum Gasteiger partial charge on any atom is 0.323 e. The van der Waals surface area contributed by atoms with E-state index in [1.54, 1.807) is 0 Å². The second-order valence-corrected chi connectivity index (χ2v) is 5.50. The number of halogens is 1. The van der Waals surface area contributed by atoms with Gasteiger partial charge in [0.05, 0.1) is 2.74 Å². The number of benzene rings is 1. The molecule has 1 N–H and O–H groups in total. The molecule has 1 amide bonds. The number of hydrogen-bond donors (Lipinski definition) is 1. The number of amides is 1. The highest BCUT2D eigenvalue weighted by Crippen LogP contribution is 2.39. The van der Waals surface area contributed by atoms with Gasteiger partial charge >= 0.3 is 5.97 Å². The molecule has 0 aromatic heterocycles. The minimum atomic E-state index is -3.15. The molecule has 5 nitrogen and oxygen atoms in total. The average Bonchev–Trinajstić information content (AvgIpc) is 2.94. The minimum absolute atomic E-state index is 0.0804. The van der Waals surface area contributed by atoms with Crippen LogP contribution in [0.1, 0.15) is 44.4 Å². The molecular formula is C16H17ClN2O3. The molecule has 3 rings (SSSR count). The van der Waals surface area contributed by atoms with E-state index in [0.717, 1.165) is 0 Å². The molecule has 1 spiro atoms. The third kappa shape index (κ3) is 2.61. The fourth-order valence-electron chi connectivity index (χ4n) is 2.61. The Labute approximate surface area is 142 Å². The first kappa shape index (κ1) is 9.30. The highest BCUT2D eigenvalue weighted by atomic mass is 35.5. The minimum Gasteiger partial charge on any atom is -0.480 e. The van der Waals surface area contributed by atoms with Crippen molar-refractivity contribution in [3.8, 4) is 0 Å². The van der Waals surface area contributed by atoms with E-state index in [0.29, 0.717) is 16.3 Å². The van der Waals surface area contributed by atoms with Crippen LogP contribution in [-0.4, -0.2) is 39.8 Å². The predicted octanol–water partition coefficient (Wildman–Crippen LogP) is 2.72. The maximum atomic E-state index is 13.2. The van der Waals surface area contributed by atoms with Crippen molar-refractivity contribution in [1.29, 1.82) is 1.43 Å². The van der Waals surface area contributed by atoms with E-state index < -0.39 is 36.8 Å². The van der Waals surface area contributed by atoms with Crippen molar-refractivity contribution in [2.24, 2.45) is 4.99 Å². The number of aliphatic imine (C=N–C) groups is 1. The first-order valence-corrected chi connectivity index (χ1v) is 7.17. The van der Waals surface area contributed by atoms with E-state index in [1.165, 1.54) is 24.3 Å². The fourth-order valence-corrected chi connectivity index (χ4v) is 2.74. The van der Waals surface area contributed by atoms with Crippen LogP contribution in [0.2, 0.25) is 5.02 Å². The van der Waals surface area contributed by atoms with Crippen molar-refractivity contribution in [1.82, 2.24) is 4.90 Å². The van der Waals surface area contributed by atoms with Crippen LogP contribution < -0.4 is 0 Å². The van der Waals surface area contributed by atoms with Crippen LogP contribution >= 0.6 is 11.6 Å². The Balaban J connectivity index is 2.23. The summed E-state index contributed by atoms with van der Waals surface area (Å²) in [7, 11) is 0. The Morgan fingerprint density at radius 2 is 2.27 bits per heavy atom. The fraction of sp³-hybridized carbons (Fsp3) is 0.438. The lowest BCUT2D eigenvalue weighted by Crippen LogP contribution is -2.50. The zero-order valence-corrected chi connectivity index (χ0v) is 12.3. The highest BCUT2D eigenvalue weighted by molar-refractivity contribution is 6.47. The molecule has 0 saturated heterocycles. The van der Waals surface area contributed by atoms with Gasteiger partial charge in [0.1, 0.15) is 17.9 Å². The molecule has 0 bridgehead atoms. The maximum absolute atomic E-state index is 13.2. The number of rotatable bonds is 3. The van der Waals surface area contributed by atoms with Crippen molar-refractivity contribution in [2.75, 3.05) is 6.50 Å². The van der Waals surface area contributed by atoms with Gasteiger partial charge in [-0.15, -0.1) is 0 Å². The number of carboxylic acids is 1. The number of carbonyl (C=O) groups is 2. The van der Waals surface area contributed by atoms with Gasteiger partial charge in [-0.2, -0.15) is 0 Å². The Bertz CT molecular complexity index is 847. The largest absolute Gasteiger partial charge is 0.480 e. The van der Waals surface area contributed by atoms with E-state index >= 15 is 0 Å². The van der Waals surface area contributed by atoms with E-state index in [2.05, 4.69) is 10.1 Å². The van der Waals surface area contributed by atoms with Crippen molar-refractivity contribution in [3.63, 3.8) is 0 Å². The summed E-state index contributed by atoms with van der Waals surface area (Å²) in [5.74, 6) is -2.69. The molecule has 1 aliphatic heterocycles. The third-order valence-corrected chi connectivity index (χ3v) is 3.85. The molecule has 2 unspecified atom stereocenters. The Morgan fingerprint density at radius 1 is 1.50 bits per heavy atom. The van der Waals surface area contributed by atoms with Crippen molar-refractivity contribution in [3.05, 3.63) is 34.9 Å². The first-order valence-electron chi connectivity index (χ1n) is 9.78. The van der Waals surface area contributed by atoms with Crippen LogP contribution in [0.3, 0.4) is 0 Å². The number of carbonyl (C=O) groups excluding carboxylic acids is 1. The summed E-state index contributed by atoms with van der Waals surface area (Å²) < 4.78 is 48.0. The van der Waals surface area contributed by atoms with Crippen molar-refractivity contribution < 1.29 is 21.6 Å². The van der Waals surface area contributed by atoms with Gasteiger partial charge in [-0.3, -0.25) is 14.6 Å². The van der Waals surface area contributed by atoms with Crippen LogP contribution in [-0.2, 0) is 9.59 Å². The van der Waals surface area contributed by atoms with Gasteiger partial charge in [0, 0.05) is 14.7 Å². The first-order chi connectivity index (χ1) is 13.0. The lowest BCUT2D eigenvalue weighted by Gasteiger charge is -2.38. The van der Waals surface area contributed by atoms with Crippen LogP contribution in [0.5, 0.6) is 0 Å². The SMILES string of the molecule is [2H]OC(=O)C([2H])([2H])N1C(=O)C(c2ccc(Cl)cc2)=NC12CCCC([2H])C2([2H])[2H]. The van der Waals surface area contributed by atoms with Crippen LogP contribution in [0, 0.1) is 0 Å². The van der Waals surface area contributed by atoms with Gasteiger partial charge in [-0.05, 0) is 37.7 Å². The summed E-state index contributed by atoms with van der Waals surface area (Å²) >= 11 is 5.86. The standard InChI is InChI=1S/C16H17ClN2O3/c17-12-6-4-11(5-7-12)14-15(22)19(10-13(20)21)16(18-14)8-2-1-3-9-16/h4-7H,1-3,8-10H2,(H,20,21)/i2D,8D2,10D2/hD. The monoisotopic (exact) mass is 326 g/mol. The predicted molar refractivity (Wildman–Crippen MR) is 83.2 cm³/mol. The molecule has 1 aliphatic carbocycles.